The standard InChI is InChI=1S/C57H56N2O16P2S2/c1-36-15-23-47(24-16-36)78(64,65)58(76(72-54-31-43(68-7)19-27-49(54)38(3)60)73-55-32-44(69-8)20-28-50(55)39(4)61)35-42-13-11-12-14-53(42)59(79(66,67)48-25-17-37(2)18-26-48)77(74-56-33-45(70-9)21-29-51(56)40(5)62)75-57-34-46(71-10)22-30-52(57)41(6)63/h11-34H,35H2,1-10H3. The molecular weight excluding hydrogens is 1090 g/mol. The van der Waals surface area contributed by atoms with Crippen LogP contribution in [0, 0.1) is 13.8 Å². The summed E-state index contributed by atoms with van der Waals surface area (Å²) in [6, 6.07) is 34.9. The predicted molar refractivity (Wildman–Crippen MR) is 300 cm³/mol. The summed E-state index contributed by atoms with van der Waals surface area (Å²) in [6.45, 7) is 7.88. The van der Waals surface area contributed by atoms with Gasteiger partial charge in [-0.2, -0.15) is 4.08 Å². The van der Waals surface area contributed by atoms with Gasteiger partial charge in [-0.1, -0.05) is 53.6 Å². The van der Waals surface area contributed by atoms with E-state index in [4.69, 9.17) is 37.0 Å². The van der Waals surface area contributed by atoms with Crippen molar-refractivity contribution in [2.45, 2.75) is 57.9 Å². The Morgan fingerprint density at radius 1 is 0.418 bits per heavy atom. The van der Waals surface area contributed by atoms with Crippen LogP contribution in [0.1, 0.15) is 85.8 Å². The van der Waals surface area contributed by atoms with Crippen LogP contribution >= 0.6 is 17.1 Å². The molecule has 18 nitrogen and oxygen atoms in total. The third-order valence-electron chi connectivity index (χ3n) is 12.0. The van der Waals surface area contributed by atoms with E-state index in [-0.39, 0.29) is 89.3 Å². The first-order valence-corrected chi connectivity index (χ1v) is 29.1. The maximum absolute atomic E-state index is 15.9. The number of aryl methyl sites for hydroxylation is 2. The van der Waals surface area contributed by atoms with Crippen molar-refractivity contribution in [1.29, 1.82) is 0 Å². The highest BCUT2D eigenvalue weighted by molar-refractivity contribution is 7.99. The molecule has 0 bridgehead atoms. The van der Waals surface area contributed by atoms with Crippen molar-refractivity contribution >= 4 is 65.9 Å². The van der Waals surface area contributed by atoms with E-state index < -0.39 is 66.8 Å². The number of rotatable bonds is 25. The lowest BCUT2D eigenvalue weighted by Gasteiger charge is -2.34. The number of nitrogens with zero attached hydrogens (tertiary/aromatic N) is 2. The molecular formula is C57H56N2O16P2S2. The van der Waals surface area contributed by atoms with E-state index in [1.54, 1.807) is 38.1 Å². The largest absolute Gasteiger partial charge is 0.497 e. The van der Waals surface area contributed by atoms with Gasteiger partial charge in [0.05, 0.1) is 72.7 Å². The van der Waals surface area contributed by atoms with E-state index >= 15 is 16.8 Å². The Hall–Kier alpha value is -7.86. The van der Waals surface area contributed by atoms with Gasteiger partial charge in [0.2, 0.25) is 0 Å². The van der Waals surface area contributed by atoms with Gasteiger partial charge in [0.25, 0.3) is 20.0 Å². The molecule has 0 saturated carbocycles. The van der Waals surface area contributed by atoms with Crippen molar-refractivity contribution in [3.05, 3.63) is 185 Å². The van der Waals surface area contributed by atoms with Gasteiger partial charge in [-0.05, 0) is 126 Å². The van der Waals surface area contributed by atoms with Gasteiger partial charge in [0.15, 0.2) is 23.1 Å². The minimum absolute atomic E-state index is 0.00247. The highest BCUT2D eigenvalue weighted by Gasteiger charge is 2.44. The maximum Gasteiger partial charge on any atom is 0.432 e. The number of anilines is 1. The zero-order valence-electron chi connectivity index (χ0n) is 44.7. The molecule has 22 heteroatoms. The van der Waals surface area contributed by atoms with Crippen LogP contribution in [-0.4, -0.2) is 72.5 Å². The lowest BCUT2D eigenvalue weighted by atomic mass is 10.1. The molecule has 7 aromatic rings. The summed E-state index contributed by atoms with van der Waals surface area (Å²) in [7, 11) is -10.7. The number of carbonyl (C=O) groups excluding carboxylic acids is 4. The van der Waals surface area contributed by atoms with Crippen molar-refractivity contribution in [2.24, 2.45) is 0 Å². The van der Waals surface area contributed by atoms with E-state index in [1.807, 2.05) is 0 Å². The van der Waals surface area contributed by atoms with Crippen LogP contribution in [-0.2, 0) is 26.6 Å². The number of Topliss-reactive ketones (excluding diaryl/α,β-unsaturated/α-hetero) is 4. The topological polar surface area (TPSA) is 217 Å². The lowest BCUT2D eigenvalue weighted by molar-refractivity contribution is 0.100. The second-order valence-electron chi connectivity index (χ2n) is 17.5. The van der Waals surface area contributed by atoms with Crippen LogP contribution in [0.3, 0.4) is 0 Å². The zero-order chi connectivity index (χ0) is 57.3. The van der Waals surface area contributed by atoms with E-state index in [0.717, 1.165) is 8.15 Å². The average molecular weight is 1150 g/mol. The normalized spacial score (nSPS) is 11.5. The molecule has 0 atom stereocenters. The quantitative estimate of drug-likeness (QED) is 0.0384. The number of hydrogen-bond acceptors (Lipinski definition) is 16. The summed E-state index contributed by atoms with van der Waals surface area (Å²) >= 11 is 0. The third kappa shape index (κ3) is 13.5. The first-order chi connectivity index (χ1) is 37.6. The molecule has 412 valence electrons. The Kier molecular flexibility index (Phi) is 18.8. The number of benzene rings is 7. The van der Waals surface area contributed by atoms with Crippen LogP contribution in [0.5, 0.6) is 46.0 Å². The van der Waals surface area contributed by atoms with Crippen molar-refractivity contribution in [1.82, 2.24) is 4.08 Å². The van der Waals surface area contributed by atoms with E-state index in [9.17, 15) is 19.2 Å². The van der Waals surface area contributed by atoms with Crippen LogP contribution in [0.2, 0.25) is 0 Å². The van der Waals surface area contributed by atoms with Crippen molar-refractivity contribution in [3.8, 4) is 46.0 Å². The van der Waals surface area contributed by atoms with Gasteiger partial charge >= 0.3 is 17.1 Å². The number of methoxy groups -OCH3 is 4. The average Bonchev–Trinajstić information content (AvgIpc) is 3.50. The lowest BCUT2D eigenvalue weighted by Crippen LogP contribution is -2.33. The molecule has 0 fully saturated rings. The summed E-state index contributed by atoms with van der Waals surface area (Å²) in [5.74, 6) is -1.75. The second kappa shape index (κ2) is 25.3. The maximum atomic E-state index is 15.9. The number of hydrogen-bond donors (Lipinski definition) is 0. The van der Waals surface area contributed by atoms with Crippen LogP contribution in [0.25, 0.3) is 0 Å². The van der Waals surface area contributed by atoms with Crippen LogP contribution in [0.15, 0.2) is 155 Å². The smallest absolute Gasteiger partial charge is 0.432 e. The molecule has 0 saturated heterocycles. The molecule has 0 spiro atoms. The fraction of sp³-hybridized carbons (Fsp3) is 0.193. The molecule has 0 radical (unpaired) electrons. The molecule has 0 N–H and O–H groups in total. The number of ether oxygens (including phenoxy) is 4. The van der Waals surface area contributed by atoms with Gasteiger partial charge in [-0.3, -0.25) is 19.2 Å². The zero-order valence-corrected chi connectivity index (χ0v) is 48.1. The Balaban J connectivity index is 1.56. The van der Waals surface area contributed by atoms with Crippen molar-refractivity contribution < 1.29 is 73.1 Å². The Bertz CT molecular complexity index is 3520. The Morgan fingerprint density at radius 2 is 0.734 bits per heavy atom. The molecule has 0 aromatic heterocycles. The fourth-order valence-corrected chi connectivity index (χ4v) is 14.5. The second-order valence-corrected chi connectivity index (χ2v) is 24.3. The first kappa shape index (κ1) is 58.8. The van der Waals surface area contributed by atoms with Crippen LogP contribution in [0.4, 0.5) is 5.69 Å². The van der Waals surface area contributed by atoms with Crippen LogP contribution < -0.4 is 41.1 Å². The van der Waals surface area contributed by atoms with Crippen molar-refractivity contribution in [3.63, 3.8) is 0 Å². The molecule has 0 aliphatic heterocycles. The molecule has 7 aromatic carbocycles. The van der Waals surface area contributed by atoms with Gasteiger partial charge in [-0.25, -0.2) is 16.8 Å². The van der Waals surface area contributed by atoms with E-state index in [1.165, 1.54) is 177 Å². The minimum Gasteiger partial charge on any atom is -0.497 e. The molecule has 79 heavy (non-hydrogen) atoms. The Morgan fingerprint density at radius 3 is 1.06 bits per heavy atom. The molecule has 0 aliphatic rings. The highest BCUT2D eigenvalue weighted by atomic mass is 32.2. The molecule has 0 amide bonds. The van der Waals surface area contributed by atoms with Gasteiger partial charge in [-0.15, -0.1) is 4.08 Å². The number of ketones is 4. The molecule has 0 unspecified atom stereocenters. The SMILES string of the molecule is COc1ccc(C(C)=O)c(OP(Oc2cc(OC)ccc2C(C)=O)N(Cc2ccccc2N(P(Oc2cc(OC)ccc2C(C)=O)Oc2cc(OC)ccc2C(C)=O)S(=O)(=O)c2ccc(C)cc2)S(=O)(=O)c2ccc(C)cc2)c1. The molecule has 7 rings (SSSR count). The molecule has 0 aliphatic carbocycles. The third-order valence-corrected chi connectivity index (χ3v) is 19.5. The highest BCUT2D eigenvalue weighted by Crippen LogP contribution is 2.55. The summed E-state index contributed by atoms with van der Waals surface area (Å²) in [5, 5.41) is 0. The summed E-state index contributed by atoms with van der Waals surface area (Å²) < 4.78 is 114. The molecule has 0 heterocycles. The number of carbonyl (C=O) groups is 4. The van der Waals surface area contributed by atoms with E-state index in [0.29, 0.717) is 11.1 Å². The van der Waals surface area contributed by atoms with Crippen molar-refractivity contribution in [2.75, 3.05) is 32.5 Å². The monoisotopic (exact) mass is 1150 g/mol. The van der Waals surface area contributed by atoms with Gasteiger partial charge in [0, 0.05) is 24.3 Å². The number of para-hydroxylation sites is 1. The minimum atomic E-state index is -4.97. The predicted octanol–water partition coefficient (Wildman–Crippen LogP) is 12.3. The Labute approximate surface area is 461 Å². The summed E-state index contributed by atoms with van der Waals surface area (Å²) in [6.07, 6.45) is 0. The first-order valence-electron chi connectivity index (χ1n) is 24.0. The number of sulfonamides is 2. The van der Waals surface area contributed by atoms with E-state index in [2.05, 4.69) is 0 Å². The summed E-state index contributed by atoms with van der Waals surface area (Å²) in [4.78, 5) is 52.8. The van der Waals surface area contributed by atoms with Gasteiger partial charge in [0.1, 0.15) is 46.0 Å². The fourth-order valence-electron chi connectivity index (χ4n) is 7.68. The summed E-state index contributed by atoms with van der Waals surface area (Å²) in [5.41, 5.74) is 1.15. The van der Waals surface area contributed by atoms with Gasteiger partial charge < -0.3 is 37.0 Å².